The summed E-state index contributed by atoms with van der Waals surface area (Å²) in [5.74, 6) is -1.14. The lowest BCUT2D eigenvalue weighted by Gasteiger charge is -2.10. The SMILES string of the molecule is CC(CC(=O)O)NC(=O)c1csc2ccccc12. The number of nitrogens with one attached hydrogen (secondary N) is 1. The van der Waals surface area contributed by atoms with E-state index >= 15 is 0 Å². The molecule has 1 atom stereocenters. The van der Waals surface area contributed by atoms with Crippen molar-refractivity contribution in [3.05, 3.63) is 35.2 Å². The van der Waals surface area contributed by atoms with Crippen LogP contribution in [0.25, 0.3) is 10.1 Å². The van der Waals surface area contributed by atoms with E-state index in [0.29, 0.717) is 5.56 Å². The first kappa shape index (κ1) is 12.6. The minimum Gasteiger partial charge on any atom is -0.481 e. The Hall–Kier alpha value is -1.88. The molecule has 0 spiro atoms. The number of carbonyl (C=O) groups is 2. The molecular formula is C13H13NO3S. The fourth-order valence-corrected chi connectivity index (χ4v) is 2.71. The van der Waals surface area contributed by atoms with Crippen molar-refractivity contribution in [2.45, 2.75) is 19.4 Å². The summed E-state index contributed by atoms with van der Waals surface area (Å²) < 4.78 is 1.05. The van der Waals surface area contributed by atoms with Crippen LogP contribution in [0.4, 0.5) is 0 Å². The number of carbonyl (C=O) groups excluding carboxylic acids is 1. The third-order valence-electron chi connectivity index (χ3n) is 2.58. The molecule has 2 N–H and O–H groups in total. The smallest absolute Gasteiger partial charge is 0.305 e. The fourth-order valence-electron chi connectivity index (χ4n) is 1.77. The van der Waals surface area contributed by atoms with Crippen LogP contribution in [-0.2, 0) is 4.79 Å². The minimum atomic E-state index is -0.919. The highest BCUT2D eigenvalue weighted by Gasteiger charge is 2.15. The average Bonchev–Trinajstić information content (AvgIpc) is 2.71. The van der Waals surface area contributed by atoms with Gasteiger partial charge in [0.1, 0.15) is 0 Å². The number of fused-ring (bicyclic) bond motifs is 1. The van der Waals surface area contributed by atoms with Crippen LogP contribution in [0.15, 0.2) is 29.6 Å². The monoisotopic (exact) mass is 263 g/mol. The van der Waals surface area contributed by atoms with E-state index in [9.17, 15) is 9.59 Å². The van der Waals surface area contributed by atoms with E-state index in [1.165, 1.54) is 11.3 Å². The van der Waals surface area contributed by atoms with Crippen LogP contribution < -0.4 is 5.32 Å². The lowest BCUT2D eigenvalue weighted by molar-refractivity contribution is -0.137. The number of rotatable bonds is 4. The van der Waals surface area contributed by atoms with Gasteiger partial charge in [-0.05, 0) is 13.0 Å². The molecule has 0 aliphatic heterocycles. The first-order chi connectivity index (χ1) is 8.58. The van der Waals surface area contributed by atoms with Crippen molar-refractivity contribution in [1.29, 1.82) is 0 Å². The van der Waals surface area contributed by atoms with Gasteiger partial charge < -0.3 is 10.4 Å². The highest BCUT2D eigenvalue weighted by molar-refractivity contribution is 7.17. The van der Waals surface area contributed by atoms with E-state index < -0.39 is 5.97 Å². The molecule has 0 aliphatic rings. The summed E-state index contributed by atoms with van der Waals surface area (Å²) in [4.78, 5) is 22.6. The van der Waals surface area contributed by atoms with Gasteiger partial charge >= 0.3 is 5.97 Å². The molecular weight excluding hydrogens is 250 g/mol. The summed E-state index contributed by atoms with van der Waals surface area (Å²) in [5, 5.41) is 14.0. The van der Waals surface area contributed by atoms with Gasteiger partial charge in [-0.2, -0.15) is 0 Å². The molecule has 0 saturated heterocycles. The molecule has 1 heterocycles. The van der Waals surface area contributed by atoms with Gasteiger partial charge in [0.15, 0.2) is 0 Å². The molecule has 4 nitrogen and oxygen atoms in total. The Balaban J connectivity index is 2.16. The Labute approximate surface area is 108 Å². The van der Waals surface area contributed by atoms with Crippen LogP contribution in [0.2, 0.25) is 0 Å². The zero-order valence-electron chi connectivity index (χ0n) is 9.84. The highest BCUT2D eigenvalue weighted by atomic mass is 32.1. The second-order valence-corrected chi connectivity index (χ2v) is 5.03. The number of amides is 1. The minimum absolute atomic E-state index is 0.0756. The Morgan fingerprint density at radius 3 is 2.83 bits per heavy atom. The number of carboxylic acids is 1. The van der Waals surface area contributed by atoms with Crippen LogP contribution in [0.5, 0.6) is 0 Å². The van der Waals surface area contributed by atoms with Crippen molar-refractivity contribution in [2.24, 2.45) is 0 Å². The second kappa shape index (κ2) is 5.18. The Bertz CT molecular complexity index is 591. The van der Waals surface area contributed by atoms with Crippen molar-refractivity contribution in [2.75, 3.05) is 0 Å². The number of benzene rings is 1. The Kier molecular flexibility index (Phi) is 3.62. The highest BCUT2D eigenvalue weighted by Crippen LogP contribution is 2.25. The predicted octanol–water partition coefficient (Wildman–Crippen LogP) is 2.49. The molecule has 2 rings (SSSR count). The molecule has 2 aromatic rings. The quantitative estimate of drug-likeness (QED) is 0.890. The second-order valence-electron chi connectivity index (χ2n) is 4.12. The summed E-state index contributed by atoms with van der Waals surface area (Å²) in [7, 11) is 0. The van der Waals surface area contributed by atoms with Gasteiger partial charge in [-0.25, -0.2) is 0 Å². The lowest BCUT2D eigenvalue weighted by Crippen LogP contribution is -2.34. The van der Waals surface area contributed by atoms with Gasteiger partial charge in [-0.1, -0.05) is 18.2 Å². The van der Waals surface area contributed by atoms with E-state index in [1.54, 1.807) is 12.3 Å². The molecule has 18 heavy (non-hydrogen) atoms. The van der Waals surface area contributed by atoms with Gasteiger partial charge in [0.25, 0.3) is 5.91 Å². The largest absolute Gasteiger partial charge is 0.481 e. The standard InChI is InChI=1S/C13H13NO3S/c1-8(6-12(15)16)14-13(17)10-7-18-11-5-3-2-4-9(10)11/h2-5,7-8H,6H2,1H3,(H,14,17)(H,15,16). The van der Waals surface area contributed by atoms with Gasteiger partial charge in [-0.3, -0.25) is 9.59 Å². The van der Waals surface area contributed by atoms with Crippen LogP contribution >= 0.6 is 11.3 Å². The molecule has 5 heteroatoms. The maximum Gasteiger partial charge on any atom is 0.305 e. The molecule has 1 amide bonds. The zero-order valence-corrected chi connectivity index (χ0v) is 10.7. The van der Waals surface area contributed by atoms with Gasteiger partial charge in [0.05, 0.1) is 12.0 Å². The summed E-state index contributed by atoms with van der Waals surface area (Å²) >= 11 is 1.51. The van der Waals surface area contributed by atoms with Crippen LogP contribution in [0, 0.1) is 0 Å². The number of carboxylic acid groups (broad SMARTS) is 1. The van der Waals surface area contributed by atoms with Crippen LogP contribution in [0.1, 0.15) is 23.7 Å². The molecule has 1 aromatic carbocycles. The molecule has 1 unspecified atom stereocenters. The normalized spacial score (nSPS) is 12.3. The number of thiophene rings is 1. The Morgan fingerprint density at radius 1 is 1.39 bits per heavy atom. The summed E-state index contributed by atoms with van der Waals surface area (Å²) in [6, 6.07) is 7.27. The number of aliphatic carboxylic acids is 1. The van der Waals surface area contributed by atoms with Crippen molar-refractivity contribution in [3.8, 4) is 0 Å². The Morgan fingerprint density at radius 2 is 2.11 bits per heavy atom. The van der Waals surface area contributed by atoms with Crippen molar-refractivity contribution in [1.82, 2.24) is 5.32 Å². The molecule has 94 valence electrons. The van der Waals surface area contributed by atoms with Crippen LogP contribution in [0.3, 0.4) is 0 Å². The van der Waals surface area contributed by atoms with Crippen molar-refractivity contribution >= 4 is 33.3 Å². The van der Waals surface area contributed by atoms with Gasteiger partial charge in [0.2, 0.25) is 0 Å². The van der Waals surface area contributed by atoms with E-state index in [-0.39, 0.29) is 18.4 Å². The summed E-state index contributed by atoms with van der Waals surface area (Å²) in [6.07, 6.45) is -0.0756. The first-order valence-corrected chi connectivity index (χ1v) is 6.45. The third-order valence-corrected chi connectivity index (χ3v) is 3.55. The number of hydrogen-bond donors (Lipinski definition) is 2. The van der Waals surface area contributed by atoms with E-state index in [4.69, 9.17) is 5.11 Å². The first-order valence-electron chi connectivity index (χ1n) is 5.57. The van der Waals surface area contributed by atoms with E-state index in [2.05, 4.69) is 5.32 Å². The maximum atomic E-state index is 12.0. The van der Waals surface area contributed by atoms with Crippen molar-refractivity contribution in [3.63, 3.8) is 0 Å². The molecule has 0 radical (unpaired) electrons. The molecule has 0 aliphatic carbocycles. The lowest BCUT2D eigenvalue weighted by atomic mass is 10.1. The van der Waals surface area contributed by atoms with Crippen molar-refractivity contribution < 1.29 is 14.7 Å². The molecule has 0 bridgehead atoms. The zero-order chi connectivity index (χ0) is 13.1. The van der Waals surface area contributed by atoms with E-state index in [0.717, 1.165) is 10.1 Å². The van der Waals surface area contributed by atoms with Crippen LogP contribution in [-0.4, -0.2) is 23.0 Å². The van der Waals surface area contributed by atoms with E-state index in [1.807, 2.05) is 24.3 Å². The topological polar surface area (TPSA) is 66.4 Å². The summed E-state index contributed by atoms with van der Waals surface area (Å²) in [5.41, 5.74) is 0.604. The molecule has 0 saturated carbocycles. The maximum absolute atomic E-state index is 12.0. The van der Waals surface area contributed by atoms with Gasteiger partial charge in [-0.15, -0.1) is 11.3 Å². The molecule has 0 fully saturated rings. The molecule has 1 aromatic heterocycles. The fraction of sp³-hybridized carbons (Fsp3) is 0.231. The number of hydrogen-bond acceptors (Lipinski definition) is 3. The average molecular weight is 263 g/mol. The predicted molar refractivity (Wildman–Crippen MR) is 71.0 cm³/mol. The summed E-state index contributed by atoms with van der Waals surface area (Å²) in [6.45, 7) is 1.68. The third kappa shape index (κ3) is 2.68. The van der Waals surface area contributed by atoms with Gasteiger partial charge in [0, 0.05) is 21.5 Å².